The third-order valence-corrected chi connectivity index (χ3v) is 0.400. The number of aliphatic carboxylic acids is 1. The first-order valence-corrected chi connectivity index (χ1v) is 1.84. The van der Waals surface area contributed by atoms with Crippen molar-refractivity contribution < 1.29 is 64.1 Å². The Labute approximate surface area is 88.0 Å². The van der Waals surface area contributed by atoms with Crippen molar-refractivity contribution in [2.24, 2.45) is 0 Å². The summed E-state index contributed by atoms with van der Waals surface area (Å²) in [6, 6.07) is 0. The number of Topliss-reactive ketones (excluding diaryl/α,β-unsaturated/α-hetero) is 1. The molecule has 0 saturated carbocycles. The molecule has 3 nitrogen and oxygen atoms in total. The number of hydrogen-bond donors (Lipinski definition) is 1. The number of hydrogen-bond acceptors (Lipinski definition) is 2. The average molecular weight is 254 g/mol. The summed E-state index contributed by atoms with van der Waals surface area (Å²) in [5.74, 6) is -1.37. The number of rotatable bonds is 2. The zero-order valence-corrected chi connectivity index (χ0v) is 6.77. The molecule has 0 amide bonds. The minimum Gasteiger partial charge on any atom is -0.481 e. The third-order valence-electron chi connectivity index (χ3n) is 0.400. The van der Waals surface area contributed by atoms with E-state index in [0.29, 0.717) is 0 Å². The molecule has 8 heavy (non-hydrogen) atoms. The van der Waals surface area contributed by atoms with Crippen LogP contribution in [0.25, 0.3) is 0 Å². The van der Waals surface area contributed by atoms with Gasteiger partial charge in [0.2, 0.25) is 0 Å². The second-order valence-electron chi connectivity index (χ2n) is 1.27. The van der Waals surface area contributed by atoms with Crippen molar-refractivity contribution in [3.63, 3.8) is 0 Å². The molecule has 0 fully saturated rings. The number of ketones is 1. The van der Waals surface area contributed by atoms with Crippen molar-refractivity contribution in [3.05, 3.63) is 0 Å². The van der Waals surface area contributed by atoms with Gasteiger partial charge in [-0.05, 0) is 6.92 Å². The van der Waals surface area contributed by atoms with Crippen molar-refractivity contribution in [2.45, 2.75) is 13.3 Å². The van der Waals surface area contributed by atoms with Gasteiger partial charge in [-0.3, -0.25) is 9.59 Å². The summed E-state index contributed by atoms with van der Waals surface area (Å²) in [6.07, 6.45) is -0.361. The van der Waals surface area contributed by atoms with E-state index >= 15 is 0 Å². The normalized spacial score (nSPS) is 7.12. The Morgan fingerprint density at radius 2 is 1.88 bits per heavy atom. The first-order valence-electron chi connectivity index (χ1n) is 1.84. The van der Waals surface area contributed by atoms with Crippen molar-refractivity contribution in [1.82, 2.24) is 0 Å². The fraction of sp³-hybridized carbons (Fsp3) is 0.500. The molecule has 0 rings (SSSR count). The molecule has 0 bridgehead atoms. The van der Waals surface area contributed by atoms with Gasteiger partial charge in [-0.15, -0.1) is 0 Å². The van der Waals surface area contributed by atoms with Crippen molar-refractivity contribution in [2.75, 3.05) is 0 Å². The van der Waals surface area contributed by atoms with Gasteiger partial charge in [0.05, 0.1) is 0 Å². The van der Waals surface area contributed by atoms with Gasteiger partial charge in [0.1, 0.15) is 12.2 Å². The van der Waals surface area contributed by atoms with Gasteiger partial charge in [0.15, 0.2) is 0 Å². The van der Waals surface area contributed by atoms with E-state index < -0.39 is 5.97 Å². The van der Waals surface area contributed by atoms with Gasteiger partial charge in [-0.2, -0.15) is 0 Å². The molecule has 0 saturated heterocycles. The van der Waals surface area contributed by atoms with E-state index in [0.717, 1.165) is 0 Å². The zero-order chi connectivity index (χ0) is 5.86. The van der Waals surface area contributed by atoms with Gasteiger partial charge in [0.25, 0.3) is 0 Å². The Morgan fingerprint density at radius 3 is 1.88 bits per heavy atom. The molecule has 0 unspecified atom stereocenters. The van der Waals surface area contributed by atoms with Crippen LogP contribution in [0.15, 0.2) is 0 Å². The van der Waals surface area contributed by atoms with Crippen LogP contribution in [0.3, 0.4) is 0 Å². The molecule has 0 aromatic carbocycles. The average Bonchev–Trinajstić information content (AvgIpc) is 1.27. The maximum Gasteiger partial charge on any atom is 0.310 e. The number of carboxylic acids is 1. The van der Waals surface area contributed by atoms with Crippen LogP contribution in [-0.4, -0.2) is 16.9 Å². The summed E-state index contributed by atoms with van der Waals surface area (Å²) in [7, 11) is 0. The van der Waals surface area contributed by atoms with E-state index in [1.54, 1.807) is 0 Å². The predicted molar refractivity (Wildman–Crippen MR) is 22.9 cm³/mol. The maximum absolute atomic E-state index is 9.87. The summed E-state index contributed by atoms with van der Waals surface area (Å²) >= 11 is 0. The fourth-order valence-corrected chi connectivity index (χ4v) is 0.213. The molecule has 1 N–H and O–H groups in total. The second-order valence-corrected chi connectivity index (χ2v) is 1.27. The van der Waals surface area contributed by atoms with Crippen LogP contribution in [0.1, 0.15) is 13.3 Å². The number of carboxylic acid groups (broad SMARTS) is 1. The Hall–Kier alpha value is 0.724. The monoisotopic (exact) mass is 255 g/mol. The quantitative estimate of drug-likeness (QED) is 0.708. The van der Waals surface area contributed by atoms with Crippen LogP contribution in [-0.2, 0) is 9.59 Å². The van der Waals surface area contributed by atoms with E-state index in [-0.39, 0.29) is 61.6 Å². The molecular formula is C4H6EuO3. The second kappa shape index (κ2) is 5.85. The topological polar surface area (TPSA) is 54.4 Å². The molecule has 47 valence electrons. The molecule has 0 aromatic heterocycles. The largest absolute Gasteiger partial charge is 0.481 e. The van der Waals surface area contributed by atoms with E-state index in [4.69, 9.17) is 5.11 Å². The standard InChI is InChI=1S/C4H6O3.Eu/c1-3(5)2-4(6)7;/h2H2,1H3,(H,6,7);. The van der Waals surface area contributed by atoms with Crippen LogP contribution in [0.2, 0.25) is 0 Å². The smallest absolute Gasteiger partial charge is 0.310 e. The Kier molecular flexibility index (Phi) is 8.42. The minimum atomic E-state index is -1.06. The number of carbonyl (C=O) groups is 2. The van der Waals surface area contributed by atoms with E-state index in [2.05, 4.69) is 0 Å². The van der Waals surface area contributed by atoms with Crippen molar-refractivity contribution in [1.29, 1.82) is 0 Å². The molecule has 1 radical (unpaired) electrons. The Balaban J connectivity index is 0. The Bertz CT molecular complexity index is 87.5. The summed E-state index contributed by atoms with van der Waals surface area (Å²) < 4.78 is 0. The van der Waals surface area contributed by atoms with Gasteiger partial charge in [-0.1, -0.05) is 0 Å². The SMILES string of the molecule is CC(=O)CC(=O)O.[Eu]. The zero-order valence-electron chi connectivity index (χ0n) is 4.35. The molecule has 0 atom stereocenters. The maximum atomic E-state index is 9.87. The minimum absolute atomic E-state index is 0. The van der Waals surface area contributed by atoms with Crippen LogP contribution < -0.4 is 0 Å². The third kappa shape index (κ3) is 9.87. The molecule has 0 spiro atoms. The predicted octanol–water partition coefficient (Wildman–Crippen LogP) is 0.0501. The van der Waals surface area contributed by atoms with Crippen LogP contribution >= 0.6 is 0 Å². The van der Waals surface area contributed by atoms with Crippen LogP contribution in [0.5, 0.6) is 0 Å². The van der Waals surface area contributed by atoms with E-state index in [9.17, 15) is 9.59 Å². The molecule has 0 aliphatic rings. The van der Waals surface area contributed by atoms with Crippen LogP contribution in [0, 0.1) is 49.4 Å². The summed E-state index contributed by atoms with van der Waals surface area (Å²) in [4.78, 5) is 19.5. The molecular weight excluding hydrogens is 248 g/mol. The molecule has 0 aliphatic heterocycles. The van der Waals surface area contributed by atoms with E-state index in [1.165, 1.54) is 6.92 Å². The molecule has 4 heteroatoms. The van der Waals surface area contributed by atoms with E-state index in [1.807, 2.05) is 0 Å². The van der Waals surface area contributed by atoms with Crippen LogP contribution in [0.4, 0.5) is 0 Å². The van der Waals surface area contributed by atoms with Gasteiger partial charge >= 0.3 is 5.97 Å². The summed E-state index contributed by atoms with van der Waals surface area (Å²) in [6.45, 7) is 1.24. The first kappa shape index (κ1) is 11.5. The summed E-state index contributed by atoms with van der Waals surface area (Å²) in [5.41, 5.74) is 0. The van der Waals surface area contributed by atoms with Gasteiger partial charge in [-0.25, -0.2) is 0 Å². The van der Waals surface area contributed by atoms with Crippen molar-refractivity contribution >= 4 is 11.8 Å². The summed E-state index contributed by atoms with van der Waals surface area (Å²) in [5, 5.41) is 7.86. The first-order chi connectivity index (χ1) is 3.13. The number of carbonyl (C=O) groups excluding carboxylic acids is 1. The molecule has 0 aliphatic carbocycles. The van der Waals surface area contributed by atoms with Gasteiger partial charge < -0.3 is 5.11 Å². The molecule has 0 heterocycles. The van der Waals surface area contributed by atoms with Crippen molar-refractivity contribution in [3.8, 4) is 0 Å². The van der Waals surface area contributed by atoms with Gasteiger partial charge in [0, 0.05) is 49.4 Å². The Morgan fingerprint density at radius 1 is 1.50 bits per heavy atom. The fourth-order valence-electron chi connectivity index (χ4n) is 0.213. The molecule has 0 aromatic rings.